The molecule has 1 saturated heterocycles. The van der Waals surface area contributed by atoms with Crippen LogP contribution in [0, 0.1) is 5.92 Å². The predicted molar refractivity (Wildman–Crippen MR) is 107 cm³/mol. The SMILES string of the molecule is CCOc1ccc(OCCNC(=O)CN2C(=O)NC3(CCC(C)CC3)C2=O)cc1. The Labute approximate surface area is 170 Å². The van der Waals surface area contributed by atoms with Crippen molar-refractivity contribution in [3.63, 3.8) is 0 Å². The third kappa shape index (κ3) is 4.99. The van der Waals surface area contributed by atoms with Crippen LogP contribution in [0.5, 0.6) is 11.5 Å². The van der Waals surface area contributed by atoms with Gasteiger partial charge in [-0.15, -0.1) is 0 Å². The van der Waals surface area contributed by atoms with Gasteiger partial charge in [-0.25, -0.2) is 4.79 Å². The summed E-state index contributed by atoms with van der Waals surface area (Å²) in [5.74, 6) is 1.33. The molecule has 1 saturated carbocycles. The lowest BCUT2D eigenvalue weighted by atomic mass is 9.77. The molecule has 4 amide bonds. The average Bonchev–Trinajstić information content (AvgIpc) is 2.93. The number of urea groups is 1. The van der Waals surface area contributed by atoms with Crippen LogP contribution in [0.2, 0.25) is 0 Å². The van der Waals surface area contributed by atoms with Gasteiger partial charge in [0.05, 0.1) is 13.2 Å². The van der Waals surface area contributed by atoms with Gasteiger partial charge >= 0.3 is 6.03 Å². The van der Waals surface area contributed by atoms with Crippen molar-refractivity contribution >= 4 is 17.8 Å². The zero-order valence-corrected chi connectivity index (χ0v) is 17.0. The van der Waals surface area contributed by atoms with E-state index in [1.165, 1.54) is 0 Å². The molecule has 0 bridgehead atoms. The van der Waals surface area contributed by atoms with Gasteiger partial charge in [0, 0.05) is 0 Å². The molecule has 0 atom stereocenters. The molecule has 0 unspecified atom stereocenters. The molecule has 2 fully saturated rings. The molecule has 1 aliphatic carbocycles. The van der Waals surface area contributed by atoms with E-state index in [-0.39, 0.29) is 31.5 Å². The highest BCUT2D eigenvalue weighted by molar-refractivity contribution is 6.09. The van der Waals surface area contributed by atoms with Crippen LogP contribution in [0.4, 0.5) is 4.79 Å². The van der Waals surface area contributed by atoms with Gasteiger partial charge in [0.2, 0.25) is 5.91 Å². The second kappa shape index (κ2) is 9.15. The number of imide groups is 1. The van der Waals surface area contributed by atoms with Crippen LogP contribution in [-0.2, 0) is 9.59 Å². The Kier molecular flexibility index (Phi) is 6.61. The first-order chi connectivity index (χ1) is 13.9. The van der Waals surface area contributed by atoms with E-state index < -0.39 is 11.6 Å². The summed E-state index contributed by atoms with van der Waals surface area (Å²) in [5, 5.41) is 5.51. The van der Waals surface area contributed by atoms with E-state index in [1.807, 2.05) is 19.1 Å². The summed E-state index contributed by atoms with van der Waals surface area (Å²) < 4.78 is 10.9. The van der Waals surface area contributed by atoms with Gasteiger partial charge in [0.1, 0.15) is 30.2 Å². The number of carbonyl (C=O) groups excluding carboxylic acids is 3. The van der Waals surface area contributed by atoms with Crippen LogP contribution in [0.25, 0.3) is 0 Å². The summed E-state index contributed by atoms with van der Waals surface area (Å²) in [4.78, 5) is 38.2. The Balaban J connectivity index is 1.41. The molecule has 158 valence electrons. The molecule has 1 aromatic carbocycles. The molecule has 1 heterocycles. The minimum absolute atomic E-state index is 0.273. The van der Waals surface area contributed by atoms with Gasteiger partial charge < -0.3 is 20.1 Å². The number of nitrogens with zero attached hydrogens (tertiary/aromatic N) is 1. The van der Waals surface area contributed by atoms with Crippen molar-refractivity contribution in [2.75, 3.05) is 26.3 Å². The Hall–Kier alpha value is -2.77. The van der Waals surface area contributed by atoms with Crippen LogP contribution in [0.1, 0.15) is 39.5 Å². The molecule has 2 aliphatic rings. The minimum Gasteiger partial charge on any atom is -0.494 e. The van der Waals surface area contributed by atoms with Gasteiger partial charge in [0.15, 0.2) is 0 Å². The number of carbonyl (C=O) groups is 3. The first-order valence-corrected chi connectivity index (χ1v) is 10.2. The maximum Gasteiger partial charge on any atom is 0.325 e. The van der Waals surface area contributed by atoms with Crippen LogP contribution in [0.3, 0.4) is 0 Å². The van der Waals surface area contributed by atoms with Crippen molar-refractivity contribution in [1.29, 1.82) is 0 Å². The van der Waals surface area contributed by atoms with E-state index in [9.17, 15) is 14.4 Å². The minimum atomic E-state index is -0.819. The monoisotopic (exact) mass is 403 g/mol. The van der Waals surface area contributed by atoms with Gasteiger partial charge in [0.25, 0.3) is 5.91 Å². The zero-order valence-electron chi connectivity index (χ0n) is 17.0. The fourth-order valence-corrected chi connectivity index (χ4v) is 3.77. The van der Waals surface area contributed by atoms with E-state index in [1.54, 1.807) is 12.1 Å². The fraction of sp³-hybridized carbons (Fsp3) is 0.571. The normalized spacial score (nSPS) is 23.8. The van der Waals surface area contributed by atoms with E-state index in [0.29, 0.717) is 31.1 Å². The second-order valence-corrected chi connectivity index (χ2v) is 7.69. The second-order valence-electron chi connectivity index (χ2n) is 7.69. The molecule has 8 nitrogen and oxygen atoms in total. The highest BCUT2D eigenvalue weighted by Gasteiger charge is 2.52. The Morgan fingerprint density at radius 2 is 1.79 bits per heavy atom. The first kappa shape index (κ1) is 21.0. The number of amides is 4. The molecule has 2 N–H and O–H groups in total. The first-order valence-electron chi connectivity index (χ1n) is 10.2. The largest absolute Gasteiger partial charge is 0.494 e. The summed E-state index contributed by atoms with van der Waals surface area (Å²) in [7, 11) is 0. The molecule has 1 aromatic rings. The lowest BCUT2D eigenvalue weighted by Gasteiger charge is -2.33. The fourth-order valence-electron chi connectivity index (χ4n) is 3.77. The number of nitrogens with one attached hydrogen (secondary N) is 2. The number of hydrogen-bond acceptors (Lipinski definition) is 5. The van der Waals surface area contributed by atoms with Crippen molar-refractivity contribution < 1.29 is 23.9 Å². The van der Waals surface area contributed by atoms with Gasteiger partial charge in [-0.3, -0.25) is 14.5 Å². The molecule has 1 aliphatic heterocycles. The predicted octanol–water partition coefficient (Wildman–Crippen LogP) is 2.08. The number of rotatable bonds is 8. The van der Waals surface area contributed by atoms with E-state index in [2.05, 4.69) is 17.6 Å². The lowest BCUT2D eigenvalue weighted by Crippen LogP contribution is -2.50. The Bertz CT molecular complexity index is 741. The number of benzene rings is 1. The van der Waals surface area contributed by atoms with Crippen molar-refractivity contribution in [3.8, 4) is 11.5 Å². The summed E-state index contributed by atoms with van der Waals surface area (Å²) >= 11 is 0. The summed E-state index contributed by atoms with van der Waals surface area (Å²) in [5.41, 5.74) is -0.819. The zero-order chi connectivity index (χ0) is 20.9. The molecule has 3 rings (SSSR count). The third-order valence-corrected chi connectivity index (χ3v) is 5.50. The van der Waals surface area contributed by atoms with Crippen LogP contribution in [-0.4, -0.2) is 54.6 Å². The maximum absolute atomic E-state index is 12.8. The van der Waals surface area contributed by atoms with E-state index in [4.69, 9.17) is 9.47 Å². The van der Waals surface area contributed by atoms with Crippen molar-refractivity contribution in [3.05, 3.63) is 24.3 Å². The quantitative estimate of drug-likeness (QED) is 0.512. The standard InChI is InChI=1S/C21H29N3O5/c1-3-28-16-4-6-17(7-5-16)29-13-12-22-18(25)14-24-19(26)21(23-20(24)27)10-8-15(2)9-11-21/h4-7,15H,3,8-14H2,1-2H3,(H,22,25)(H,23,27). The maximum atomic E-state index is 12.8. The van der Waals surface area contributed by atoms with Gasteiger partial charge in [-0.1, -0.05) is 6.92 Å². The average molecular weight is 403 g/mol. The molecule has 0 aromatic heterocycles. The molecule has 0 radical (unpaired) electrons. The smallest absolute Gasteiger partial charge is 0.325 e. The molecule has 29 heavy (non-hydrogen) atoms. The van der Waals surface area contributed by atoms with Crippen molar-refractivity contribution in [2.45, 2.75) is 45.1 Å². The number of ether oxygens (including phenoxy) is 2. The summed E-state index contributed by atoms with van der Waals surface area (Å²) in [6.45, 7) is 4.95. The van der Waals surface area contributed by atoms with Crippen molar-refractivity contribution in [1.82, 2.24) is 15.5 Å². The van der Waals surface area contributed by atoms with E-state index in [0.717, 1.165) is 23.5 Å². The Morgan fingerprint density at radius 1 is 1.17 bits per heavy atom. The molecule has 8 heteroatoms. The summed E-state index contributed by atoms with van der Waals surface area (Å²) in [6.07, 6.45) is 3.06. The lowest BCUT2D eigenvalue weighted by molar-refractivity contribution is -0.136. The molecular formula is C21H29N3O5. The Morgan fingerprint density at radius 3 is 2.41 bits per heavy atom. The summed E-state index contributed by atoms with van der Waals surface area (Å²) in [6, 6.07) is 6.74. The third-order valence-electron chi connectivity index (χ3n) is 5.50. The van der Waals surface area contributed by atoms with E-state index >= 15 is 0 Å². The van der Waals surface area contributed by atoms with Crippen LogP contribution in [0.15, 0.2) is 24.3 Å². The molecular weight excluding hydrogens is 374 g/mol. The molecule has 1 spiro atoms. The van der Waals surface area contributed by atoms with Gasteiger partial charge in [-0.05, 0) is 62.8 Å². The van der Waals surface area contributed by atoms with Crippen molar-refractivity contribution in [2.24, 2.45) is 5.92 Å². The highest BCUT2D eigenvalue weighted by atomic mass is 16.5. The van der Waals surface area contributed by atoms with Crippen LogP contribution < -0.4 is 20.1 Å². The number of hydrogen-bond donors (Lipinski definition) is 2. The topological polar surface area (TPSA) is 97.0 Å². The van der Waals surface area contributed by atoms with Crippen LogP contribution >= 0.6 is 0 Å². The highest BCUT2D eigenvalue weighted by Crippen LogP contribution is 2.36. The van der Waals surface area contributed by atoms with Gasteiger partial charge in [-0.2, -0.15) is 0 Å².